The van der Waals surface area contributed by atoms with E-state index in [1.165, 1.54) is 11.8 Å². The Bertz CT molecular complexity index is 230. The zero-order valence-corrected chi connectivity index (χ0v) is 10.6. The van der Waals surface area contributed by atoms with Crippen LogP contribution in [0.3, 0.4) is 0 Å². The SMILES string of the molecule is O=C(O)C1(Br)SC=C(Br)C1Br. The van der Waals surface area contributed by atoms with Crippen molar-refractivity contribution >= 4 is 65.5 Å². The Balaban J connectivity index is 2.88. The van der Waals surface area contributed by atoms with Gasteiger partial charge in [-0.2, -0.15) is 0 Å². The third-order valence-corrected chi connectivity index (χ3v) is 7.39. The highest BCUT2D eigenvalue weighted by molar-refractivity contribution is 9.16. The number of carboxylic acids is 1. The van der Waals surface area contributed by atoms with Crippen molar-refractivity contribution in [1.82, 2.24) is 0 Å². The van der Waals surface area contributed by atoms with Crippen LogP contribution in [0.1, 0.15) is 0 Å². The van der Waals surface area contributed by atoms with Crippen LogP contribution >= 0.6 is 59.6 Å². The number of hydrogen-bond acceptors (Lipinski definition) is 2. The Morgan fingerprint density at radius 2 is 2.36 bits per heavy atom. The molecule has 1 N–H and O–H groups in total. The fraction of sp³-hybridized carbons (Fsp3) is 0.400. The molecule has 2 unspecified atom stereocenters. The Morgan fingerprint density at radius 1 is 1.82 bits per heavy atom. The van der Waals surface area contributed by atoms with Crippen molar-refractivity contribution in [2.75, 3.05) is 0 Å². The topological polar surface area (TPSA) is 37.3 Å². The van der Waals surface area contributed by atoms with Crippen molar-refractivity contribution in [3.8, 4) is 0 Å². The van der Waals surface area contributed by atoms with Crippen molar-refractivity contribution in [1.29, 1.82) is 0 Å². The normalized spacial score (nSPS) is 37.0. The Hall–Kier alpha value is 1.000. The second kappa shape index (κ2) is 3.40. The van der Waals surface area contributed by atoms with Gasteiger partial charge < -0.3 is 5.11 Å². The molecule has 2 nitrogen and oxygen atoms in total. The molecule has 0 amide bonds. The number of thioether (sulfide) groups is 1. The molecule has 1 aliphatic heterocycles. The molecule has 6 heteroatoms. The summed E-state index contributed by atoms with van der Waals surface area (Å²) >= 11 is 10.9. The van der Waals surface area contributed by atoms with Gasteiger partial charge in [0.2, 0.25) is 0 Å². The summed E-state index contributed by atoms with van der Waals surface area (Å²) in [6.45, 7) is 0. The molecule has 0 spiro atoms. The van der Waals surface area contributed by atoms with Crippen molar-refractivity contribution in [3.05, 3.63) is 9.89 Å². The molecular formula is C5H3Br3O2S. The highest BCUT2D eigenvalue weighted by atomic mass is 79.9. The first-order chi connectivity index (χ1) is 4.98. The molecule has 0 bridgehead atoms. The molecule has 11 heavy (non-hydrogen) atoms. The van der Waals surface area contributed by atoms with Crippen LogP contribution in [-0.4, -0.2) is 19.6 Å². The van der Waals surface area contributed by atoms with Crippen LogP contribution in [0.5, 0.6) is 0 Å². The average molecular weight is 367 g/mol. The smallest absolute Gasteiger partial charge is 0.332 e. The second-order valence-corrected chi connectivity index (χ2v) is 6.66. The van der Waals surface area contributed by atoms with Gasteiger partial charge in [0.1, 0.15) is 0 Å². The zero-order valence-electron chi connectivity index (χ0n) is 5.05. The van der Waals surface area contributed by atoms with Crippen LogP contribution in [0, 0.1) is 0 Å². The summed E-state index contributed by atoms with van der Waals surface area (Å²) in [7, 11) is 0. The average Bonchev–Trinajstić information content (AvgIpc) is 2.18. The molecule has 0 fully saturated rings. The van der Waals surface area contributed by atoms with Gasteiger partial charge in [-0.15, -0.1) is 11.8 Å². The summed E-state index contributed by atoms with van der Waals surface area (Å²) < 4.78 is -0.104. The van der Waals surface area contributed by atoms with Gasteiger partial charge in [-0.3, -0.25) is 0 Å². The maximum atomic E-state index is 10.7. The van der Waals surface area contributed by atoms with E-state index in [-0.39, 0.29) is 4.83 Å². The minimum Gasteiger partial charge on any atom is -0.480 e. The number of alkyl halides is 2. The second-order valence-electron chi connectivity index (χ2n) is 1.93. The minimum absolute atomic E-state index is 0.211. The van der Waals surface area contributed by atoms with E-state index in [0.717, 1.165) is 4.48 Å². The third-order valence-electron chi connectivity index (χ3n) is 1.20. The molecule has 0 aliphatic carbocycles. The van der Waals surface area contributed by atoms with Gasteiger partial charge in [0.05, 0.1) is 4.83 Å². The lowest BCUT2D eigenvalue weighted by atomic mass is 10.3. The fourth-order valence-electron chi connectivity index (χ4n) is 0.598. The standard InChI is InChI=1S/C5H3Br3O2S/c6-2-1-11-5(8,3(2)7)4(9)10/h1,3H,(H,9,10). The first-order valence-electron chi connectivity index (χ1n) is 2.58. The summed E-state index contributed by atoms with van der Waals surface area (Å²) in [6, 6.07) is 0. The molecule has 1 heterocycles. The minimum atomic E-state index is -0.953. The number of halogens is 3. The quantitative estimate of drug-likeness (QED) is 0.725. The third kappa shape index (κ3) is 1.68. The lowest BCUT2D eigenvalue weighted by Crippen LogP contribution is -2.34. The number of allylic oxidation sites excluding steroid dienone is 1. The van der Waals surface area contributed by atoms with Crippen molar-refractivity contribution in [2.24, 2.45) is 0 Å². The van der Waals surface area contributed by atoms with Crippen LogP contribution in [0.2, 0.25) is 0 Å². The Labute approximate surface area is 93.2 Å². The summed E-state index contributed by atoms with van der Waals surface area (Å²) in [5.74, 6) is -0.880. The van der Waals surface area contributed by atoms with Crippen LogP contribution in [-0.2, 0) is 4.79 Å². The molecular weight excluding hydrogens is 364 g/mol. The van der Waals surface area contributed by atoms with Gasteiger partial charge in [0.15, 0.2) is 3.66 Å². The van der Waals surface area contributed by atoms with E-state index in [1.54, 1.807) is 5.41 Å². The van der Waals surface area contributed by atoms with Crippen molar-refractivity contribution in [3.63, 3.8) is 0 Å². The Kier molecular flexibility index (Phi) is 3.11. The van der Waals surface area contributed by atoms with E-state index in [2.05, 4.69) is 47.8 Å². The molecule has 0 saturated carbocycles. The maximum Gasteiger partial charge on any atom is 0.332 e. The monoisotopic (exact) mass is 364 g/mol. The predicted octanol–water partition coefficient (Wildman–Crippen LogP) is 2.91. The van der Waals surface area contributed by atoms with Gasteiger partial charge >= 0.3 is 5.97 Å². The van der Waals surface area contributed by atoms with Crippen LogP contribution in [0.25, 0.3) is 0 Å². The first kappa shape index (κ1) is 10.1. The summed E-state index contributed by atoms with van der Waals surface area (Å²) in [4.78, 5) is 10.5. The molecule has 2 atom stereocenters. The molecule has 0 saturated heterocycles. The van der Waals surface area contributed by atoms with Gasteiger partial charge in [-0.25, -0.2) is 4.79 Å². The number of hydrogen-bond donors (Lipinski definition) is 1. The Morgan fingerprint density at radius 3 is 2.55 bits per heavy atom. The van der Waals surface area contributed by atoms with E-state index >= 15 is 0 Å². The van der Waals surface area contributed by atoms with Gasteiger partial charge in [-0.1, -0.05) is 47.8 Å². The van der Waals surface area contributed by atoms with Gasteiger partial charge in [0.25, 0.3) is 0 Å². The number of carboxylic acid groups (broad SMARTS) is 1. The predicted molar refractivity (Wildman–Crippen MR) is 56.6 cm³/mol. The molecule has 1 aliphatic rings. The maximum absolute atomic E-state index is 10.7. The summed E-state index contributed by atoms with van der Waals surface area (Å²) in [6.07, 6.45) is 0. The zero-order chi connectivity index (χ0) is 8.65. The van der Waals surface area contributed by atoms with Gasteiger partial charge in [-0.05, 0) is 5.41 Å². The van der Waals surface area contributed by atoms with Crippen molar-refractivity contribution < 1.29 is 9.90 Å². The molecule has 62 valence electrons. The highest BCUT2D eigenvalue weighted by Crippen LogP contribution is 2.51. The molecule has 0 radical (unpaired) electrons. The van der Waals surface area contributed by atoms with Crippen LogP contribution < -0.4 is 0 Å². The number of carbonyl (C=O) groups is 1. The summed E-state index contributed by atoms with van der Waals surface area (Å²) in [5, 5.41) is 10.6. The van der Waals surface area contributed by atoms with Gasteiger partial charge in [0, 0.05) is 4.48 Å². The largest absolute Gasteiger partial charge is 0.480 e. The first-order valence-corrected chi connectivity index (χ1v) is 5.96. The lowest BCUT2D eigenvalue weighted by molar-refractivity contribution is -0.136. The molecule has 1 rings (SSSR count). The molecule has 0 aromatic carbocycles. The van der Waals surface area contributed by atoms with E-state index < -0.39 is 9.63 Å². The van der Waals surface area contributed by atoms with Crippen LogP contribution in [0.15, 0.2) is 9.89 Å². The number of aliphatic carboxylic acids is 1. The van der Waals surface area contributed by atoms with Crippen LogP contribution in [0.4, 0.5) is 0 Å². The lowest BCUT2D eigenvalue weighted by Gasteiger charge is -2.19. The van der Waals surface area contributed by atoms with E-state index in [1.807, 2.05) is 0 Å². The molecule has 0 aromatic heterocycles. The number of rotatable bonds is 1. The van der Waals surface area contributed by atoms with E-state index in [9.17, 15) is 4.79 Å². The highest BCUT2D eigenvalue weighted by Gasteiger charge is 2.47. The fourth-order valence-corrected chi connectivity index (χ4v) is 3.80. The summed E-state index contributed by atoms with van der Waals surface area (Å²) in [5.41, 5.74) is 0. The van der Waals surface area contributed by atoms with E-state index in [0.29, 0.717) is 0 Å². The van der Waals surface area contributed by atoms with Crippen molar-refractivity contribution in [2.45, 2.75) is 8.48 Å². The molecule has 0 aromatic rings. The van der Waals surface area contributed by atoms with E-state index in [4.69, 9.17) is 5.11 Å².